The molecule has 0 aromatic carbocycles. The van der Waals surface area contributed by atoms with Gasteiger partial charge in [-0.3, -0.25) is 4.99 Å². The zero-order valence-corrected chi connectivity index (χ0v) is 15.2. The van der Waals surface area contributed by atoms with Gasteiger partial charge in [0.25, 0.3) is 0 Å². The Kier molecular flexibility index (Phi) is 3.32. The van der Waals surface area contributed by atoms with Crippen LogP contribution in [-0.4, -0.2) is 28.2 Å². The quantitative estimate of drug-likeness (QED) is 0.738. The van der Waals surface area contributed by atoms with Gasteiger partial charge in [0, 0.05) is 28.2 Å². The topological polar surface area (TPSA) is 52.9 Å². The van der Waals surface area contributed by atoms with Crippen LogP contribution in [0.5, 0.6) is 0 Å². The smallest absolute Gasteiger partial charge is 0.0779 e. The van der Waals surface area contributed by atoms with Gasteiger partial charge in [0.05, 0.1) is 28.9 Å². The summed E-state index contributed by atoms with van der Waals surface area (Å²) in [5.74, 6) is 0.647. The molecule has 5 heterocycles. The predicted molar refractivity (Wildman–Crippen MR) is 115 cm³/mol. The van der Waals surface area contributed by atoms with Crippen molar-refractivity contribution in [2.24, 2.45) is 26.8 Å². The van der Waals surface area contributed by atoms with E-state index in [1.165, 1.54) is 0 Å². The minimum absolute atomic E-state index is 0.0951. The highest BCUT2D eigenvalue weighted by molar-refractivity contribution is 6.20. The molecular weight excluding hydrogens is 344 g/mol. The van der Waals surface area contributed by atoms with Crippen molar-refractivity contribution in [1.82, 2.24) is 4.98 Å². The van der Waals surface area contributed by atoms with Crippen molar-refractivity contribution in [1.29, 1.82) is 0 Å². The Morgan fingerprint density at radius 2 is 1.50 bits per heavy atom. The van der Waals surface area contributed by atoms with Gasteiger partial charge in [0.2, 0.25) is 0 Å². The molecule has 0 saturated carbocycles. The largest absolute Gasteiger partial charge is 0.355 e. The Balaban J connectivity index is 1.55. The highest BCUT2D eigenvalue weighted by Crippen LogP contribution is 2.34. The standard InChI is InChI=1S/C24H18N4/c1-2-4-22-21(3-1)23-13-19-9-7-17(26-19)11-15-5-6-16(25-15)12-18-8-10-20(27-18)14-24(22)28-23/h1-14,21-23,27H. The number of rotatable bonds is 0. The molecule has 4 nitrogen and oxygen atoms in total. The van der Waals surface area contributed by atoms with Crippen LogP contribution in [0, 0.1) is 11.8 Å². The third kappa shape index (κ3) is 2.65. The van der Waals surface area contributed by atoms with Crippen LogP contribution in [0.3, 0.4) is 0 Å². The lowest BCUT2D eigenvalue weighted by Gasteiger charge is -2.19. The fraction of sp³-hybridized carbons (Fsp3) is 0.125. The van der Waals surface area contributed by atoms with Crippen LogP contribution in [0.2, 0.25) is 0 Å². The third-order valence-electron chi connectivity index (χ3n) is 5.55. The number of allylic oxidation sites excluding steroid dienone is 8. The van der Waals surface area contributed by atoms with Crippen molar-refractivity contribution in [3.05, 3.63) is 95.0 Å². The van der Waals surface area contributed by atoms with E-state index in [0.717, 1.165) is 39.2 Å². The van der Waals surface area contributed by atoms with Crippen molar-refractivity contribution in [3.63, 3.8) is 0 Å². The Morgan fingerprint density at radius 3 is 2.43 bits per heavy atom. The molecule has 3 unspecified atom stereocenters. The monoisotopic (exact) mass is 362 g/mol. The Morgan fingerprint density at radius 1 is 0.750 bits per heavy atom. The van der Waals surface area contributed by atoms with Gasteiger partial charge in [-0.2, -0.15) is 0 Å². The van der Waals surface area contributed by atoms with E-state index in [4.69, 9.17) is 9.98 Å². The Bertz CT molecular complexity index is 1270. The lowest BCUT2D eigenvalue weighted by Crippen LogP contribution is -2.21. The summed E-state index contributed by atoms with van der Waals surface area (Å²) in [4.78, 5) is 17.9. The Hall–Kier alpha value is -3.53. The maximum absolute atomic E-state index is 5.05. The first-order valence-corrected chi connectivity index (χ1v) is 9.58. The number of nitrogens with one attached hydrogen (secondary N) is 1. The second-order valence-electron chi connectivity index (χ2n) is 7.48. The van der Waals surface area contributed by atoms with Gasteiger partial charge < -0.3 is 4.98 Å². The summed E-state index contributed by atoms with van der Waals surface area (Å²) in [6, 6.07) is 4.28. The van der Waals surface area contributed by atoms with E-state index < -0.39 is 0 Å². The van der Waals surface area contributed by atoms with E-state index >= 15 is 0 Å². The number of fused-ring (bicyclic) bond motifs is 8. The maximum atomic E-state index is 5.05. The number of nitrogens with zero attached hydrogens (tertiary/aromatic N) is 3. The Labute approximate surface area is 162 Å². The summed E-state index contributed by atoms with van der Waals surface area (Å²) >= 11 is 0. The van der Waals surface area contributed by atoms with Crippen LogP contribution in [0.4, 0.5) is 0 Å². The number of H-pyrrole nitrogens is 1. The molecule has 1 aromatic heterocycles. The molecule has 6 rings (SSSR count). The predicted octanol–water partition coefficient (Wildman–Crippen LogP) is 2.56. The molecule has 0 radical (unpaired) electrons. The molecule has 0 saturated heterocycles. The second kappa shape index (κ2) is 5.99. The van der Waals surface area contributed by atoms with Crippen LogP contribution in [0.25, 0.3) is 12.2 Å². The molecule has 8 bridgehead atoms. The molecule has 1 aromatic rings. The van der Waals surface area contributed by atoms with Crippen LogP contribution in [-0.2, 0) is 0 Å². The van der Waals surface area contributed by atoms with E-state index in [-0.39, 0.29) is 6.04 Å². The maximum Gasteiger partial charge on any atom is 0.0779 e. The molecule has 0 amide bonds. The molecule has 3 atom stereocenters. The van der Waals surface area contributed by atoms with Gasteiger partial charge in [-0.15, -0.1) is 0 Å². The van der Waals surface area contributed by atoms with Crippen LogP contribution < -0.4 is 10.7 Å². The lowest BCUT2D eigenvalue weighted by molar-refractivity contribution is 0.563. The van der Waals surface area contributed by atoms with Crippen molar-refractivity contribution in [3.8, 4) is 0 Å². The minimum Gasteiger partial charge on any atom is -0.355 e. The van der Waals surface area contributed by atoms with E-state index in [1.807, 2.05) is 24.3 Å². The number of hydrogen-bond acceptors (Lipinski definition) is 3. The average Bonchev–Trinajstić information content (AvgIpc) is 3.47. The fourth-order valence-corrected chi connectivity index (χ4v) is 4.24. The summed E-state index contributed by atoms with van der Waals surface area (Å²) in [7, 11) is 0. The number of hydrogen-bond donors (Lipinski definition) is 1. The number of aromatic nitrogens is 1. The average molecular weight is 362 g/mol. The van der Waals surface area contributed by atoms with Gasteiger partial charge in [-0.1, -0.05) is 24.3 Å². The van der Waals surface area contributed by atoms with Crippen molar-refractivity contribution >= 4 is 29.3 Å². The summed E-state index contributed by atoms with van der Waals surface area (Å²) in [5, 5.41) is 2.10. The molecule has 4 aliphatic heterocycles. The summed E-state index contributed by atoms with van der Waals surface area (Å²) in [6.45, 7) is 0. The van der Waals surface area contributed by atoms with Gasteiger partial charge in [-0.25, -0.2) is 9.98 Å². The zero-order valence-electron chi connectivity index (χ0n) is 15.2. The summed E-state index contributed by atoms with van der Waals surface area (Å²) in [5.41, 5.74) is 4.86. The first kappa shape index (κ1) is 15.5. The molecule has 1 aliphatic carbocycles. The van der Waals surface area contributed by atoms with E-state index in [0.29, 0.717) is 11.8 Å². The first-order chi connectivity index (χ1) is 13.8. The molecule has 4 heteroatoms. The molecule has 134 valence electrons. The number of aromatic amines is 1. The minimum atomic E-state index is 0.0951. The third-order valence-corrected chi connectivity index (χ3v) is 5.55. The first-order valence-electron chi connectivity index (χ1n) is 9.58. The van der Waals surface area contributed by atoms with E-state index in [9.17, 15) is 0 Å². The van der Waals surface area contributed by atoms with E-state index in [2.05, 4.69) is 70.7 Å². The number of aliphatic imine (C=N–C) groups is 3. The molecule has 1 N–H and O–H groups in total. The van der Waals surface area contributed by atoms with Gasteiger partial charge in [-0.05, 0) is 60.7 Å². The van der Waals surface area contributed by atoms with Crippen LogP contribution in [0.15, 0.2) is 99.3 Å². The lowest BCUT2D eigenvalue weighted by atomic mass is 9.83. The second-order valence-corrected chi connectivity index (χ2v) is 7.48. The van der Waals surface area contributed by atoms with Gasteiger partial charge in [0.1, 0.15) is 0 Å². The van der Waals surface area contributed by atoms with Crippen molar-refractivity contribution in [2.75, 3.05) is 0 Å². The van der Waals surface area contributed by atoms with Gasteiger partial charge >= 0.3 is 0 Å². The van der Waals surface area contributed by atoms with Crippen molar-refractivity contribution in [2.45, 2.75) is 6.04 Å². The van der Waals surface area contributed by atoms with Gasteiger partial charge in [0.15, 0.2) is 0 Å². The zero-order chi connectivity index (χ0) is 18.5. The van der Waals surface area contributed by atoms with E-state index in [1.54, 1.807) is 0 Å². The SMILES string of the molecule is C1=CC2C3=NC(C=C4C=CC(=N4)C=C4C=CC(=N4)C=c4ccc([nH]4)=C3)C2C=C1. The molecule has 0 fully saturated rings. The summed E-state index contributed by atoms with van der Waals surface area (Å²) in [6.07, 6.45) is 25.3. The molecule has 5 aliphatic rings. The molecule has 28 heavy (non-hydrogen) atoms. The highest BCUT2D eigenvalue weighted by atomic mass is 14.9. The normalized spacial score (nSPS) is 28.7. The molecular formula is C24H18N4. The highest BCUT2D eigenvalue weighted by Gasteiger charge is 2.34. The fourth-order valence-electron chi connectivity index (χ4n) is 4.24. The molecule has 0 spiro atoms. The van der Waals surface area contributed by atoms with Crippen molar-refractivity contribution < 1.29 is 0 Å². The van der Waals surface area contributed by atoms with Crippen LogP contribution in [0.1, 0.15) is 0 Å². The van der Waals surface area contributed by atoms with Crippen LogP contribution >= 0.6 is 0 Å². The summed E-state index contributed by atoms with van der Waals surface area (Å²) < 4.78 is 0.